The molecular formula is C13H20N2O3S. The Labute approximate surface area is 114 Å². The van der Waals surface area contributed by atoms with Crippen LogP contribution in [-0.4, -0.2) is 22.1 Å². The summed E-state index contributed by atoms with van der Waals surface area (Å²) in [7, 11) is -2.18. The second kappa shape index (κ2) is 5.79. The number of nitrogens with one attached hydrogen (secondary N) is 1. The van der Waals surface area contributed by atoms with Gasteiger partial charge in [0.15, 0.2) is 0 Å². The first-order valence-electron chi connectivity index (χ1n) is 6.49. The van der Waals surface area contributed by atoms with Crippen LogP contribution in [0.2, 0.25) is 0 Å². The predicted octanol–water partition coefficient (Wildman–Crippen LogP) is 1.75. The van der Waals surface area contributed by atoms with Crippen LogP contribution < -0.4 is 15.2 Å². The van der Waals surface area contributed by atoms with E-state index >= 15 is 0 Å². The molecule has 19 heavy (non-hydrogen) atoms. The zero-order valence-electron chi connectivity index (χ0n) is 11.1. The molecule has 0 spiro atoms. The van der Waals surface area contributed by atoms with E-state index in [1.165, 1.54) is 32.4 Å². The zero-order valence-corrected chi connectivity index (χ0v) is 11.9. The minimum absolute atomic E-state index is 0.101. The molecule has 1 aliphatic carbocycles. The molecular weight excluding hydrogens is 264 g/mol. The van der Waals surface area contributed by atoms with Gasteiger partial charge in [-0.15, -0.1) is 0 Å². The van der Waals surface area contributed by atoms with Crippen LogP contribution in [0, 0.1) is 5.92 Å². The Kier molecular flexibility index (Phi) is 4.31. The first kappa shape index (κ1) is 14.1. The fraction of sp³-hybridized carbons (Fsp3) is 0.538. The van der Waals surface area contributed by atoms with Gasteiger partial charge in [-0.1, -0.05) is 19.3 Å². The molecule has 0 aliphatic heterocycles. The Balaban J connectivity index is 2.10. The van der Waals surface area contributed by atoms with Gasteiger partial charge in [-0.25, -0.2) is 13.1 Å². The first-order chi connectivity index (χ1) is 9.03. The van der Waals surface area contributed by atoms with Gasteiger partial charge in [0, 0.05) is 5.69 Å². The summed E-state index contributed by atoms with van der Waals surface area (Å²) >= 11 is 0. The molecule has 0 atom stereocenters. The van der Waals surface area contributed by atoms with Crippen LogP contribution in [0.4, 0.5) is 5.69 Å². The van der Waals surface area contributed by atoms with Crippen molar-refractivity contribution in [3.63, 3.8) is 0 Å². The summed E-state index contributed by atoms with van der Waals surface area (Å²) in [5.41, 5.74) is 6.04. The molecule has 1 fully saturated rings. The minimum atomic E-state index is -3.55. The molecule has 1 aromatic rings. The van der Waals surface area contributed by atoms with E-state index in [-0.39, 0.29) is 4.90 Å². The van der Waals surface area contributed by atoms with Crippen molar-refractivity contribution in [2.75, 3.05) is 19.4 Å². The largest absolute Gasteiger partial charge is 0.492 e. The molecule has 2 rings (SSSR count). The van der Waals surface area contributed by atoms with Gasteiger partial charge < -0.3 is 10.5 Å². The van der Waals surface area contributed by atoms with Crippen molar-refractivity contribution in [3.05, 3.63) is 18.2 Å². The molecule has 0 saturated heterocycles. The Hall–Kier alpha value is -1.27. The van der Waals surface area contributed by atoms with E-state index < -0.39 is 10.0 Å². The quantitative estimate of drug-likeness (QED) is 0.780. The highest BCUT2D eigenvalue weighted by Gasteiger charge is 2.20. The number of hydrogen-bond donors (Lipinski definition) is 2. The van der Waals surface area contributed by atoms with Crippen LogP contribution in [0.1, 0.15) is 25.7 Å². The third-order valence-electron chi connectivity index (χ3n) is 3.53. The molecule has 0 bridgehead atoms. The summed E-state index contributed by atoms with van der Waals surface area (Å²) in [6.07, 6.45) is 4.79. The number of hydrogen-bond acceptors (Lipinski definition) is 4. The van der Waals surface area contributed by atoms with Gasteiger partial charge in [0.25, 0.3) is 0 Å². The van der Waals surface area contributed by atoms with Crippen molar-refractivity contribution in [1.82, 2.24) is 4.72 Å². The average molecular weight is 284 g/mol. The monoisotopic (exact) mass is 284 g/mol. The molecule has 106 valence electrons. The maximum absolute atomic E-state index is 11.9. The Morgan fingerprint density at radius 2 is 2.16 bits per heavy atom. The van der Waals surface area contributed by atoms with E-state index in [0.717, 1.165) is 12.3 Å². The first-order valence-corrected chi connectivity index (χ1v) is 7.97. The molecule has 0 radical (unpaired) electrons. The van der Waals surface area contributed by atoms with Gasteiger partial charge in [-0.3, -0.25) is 0 Å². The number of sulfonamides is 1. The smallest absolute Gasteiger partial charge is 0.244 e. The SMILES string of the molecule is CNS(=O)(=O)c1cc(N)ccc1OCCC1CCC1. The lowest BCUT2D eigenvalue weighted by Crippen LogP contribution is -2.20. The lowest BCUT2D eigenvalue weighted by Gasteiger charge is -2.25. The van der Waals surface area contributed by atoms with Crippen LogP contribution >= 0.6 is 0 Å². The molecule has 0 aromatic heterocycles. The summed E-state index contributed by atoms with van der Waals surface area (Å²) in [5.74, 6) is 1.10. The second-order valence-corrected chi connectivity index (χ2v) is 6.70. The van der Waals surface area contributed by atoms with E-state index in [1.54, 1.807) is 12.1 Å². The Bertz CT molecular complexity index is 539. The highest BCUT2D eigenvalue weighted by molar-refractivity contribution is 7.89. The van der Waals surface area contributed by atoms with Crippen molar-refractivity contribution < 1.29 is 13.2 Å². The summed E-state index contributed by atoms with van der Waals surface area (Å²) in [6, 6.07) is 4.68. The average Bonchev–Trinajstić information content (AvgIpc) is 2.33. The predicted molar refractivity (Wildman–Crippen MR) is 74.6 cm³/mol. The Morgan fingerprint density at radius 1 is 1.42 bits per heavy atom. The minimum Gasteiger partial charge on any atom is -0.492 e. The molecule has 6 heteroatoms. The topological polar surface area (TPSA) is 81.4 Å². The molecule has 1 aromatic carbocycles. The molecule has 0 unspecified atom stereocenters. The molecule has 1 aliphatic rings. The maximum Gasteiger partial charge on any atom is 0.244 e. The highest BCUT2D eigenvalue weighted by atomic mass is 32.2. The van der Waals surface area contributed by atoms with Crippen molar-refractivity contribution >= 4 is 15.7 Å². The van der Waals surface area contributed by atoms with Gasteiger partial charge in [0.05, 0.1) is 6.61 Å². The van der Waals surface area contributed by atoms with Crippen LogP contribution in [0.3, 0.4) is 0 Å². The van der Waals surface area contributed by atoms with Gasteiger partial charge in [-0.05, 0) is 37.6 Å². The highest BCUT2D eigenvalue weighted by Crippen LogP contribution is 2.30. The van der Waals surface area contributed by atoms with Crippen molar-refractivity contribution in [2.24, 2.45) is 5.92 Å². The normalized spacial score (nSPS) is 16.1. The van der Waals surface area contributed by atoms with Crippen molar-refractivity contribution in [1.29, 1.82) is 0 Å². The summed E-state index contributed by atoms with van der Waals surface area (Å²) in [4.78, 5) is 0.101. The zero-order chi connectivity index (χ0) is 13.9. The lowest BCUT2D eigenvalue weighted by atomic mass is 9.83. The number of ether oxygens (including phenoxy) is 1. The fourth-order valence-electron chi connectivity index (χ4n) is 2.08. The standard InChI is InChI=1S/C13H20N2O3S/c1-15-19(16,17)13-9-11(14)5-6-12(13)18-8-7-10-3-2-4-10/h5-6,9-10,15H,2-4,7-8,14H2,1H3. The number of rotatable bonds is 6. The van der Waals surface area contributed by atoms with Crippen LogP contribution in [-0.2, 0) is 10.0 Å². The number of benzene rings is 1. The number of nitrogens with two attached hydrogens (primary N) is 1. The van der Waals surface area contributed by atoms with Gasteiger partial charge >= 0.3 is 0 Å². The summed E-state index contributed by atoms with van der Waals surface area (Å²) in [6.45, 7) is 0.542. The molecule has 5 nitrogen and oxygen atoms in total. The van der Waals surface area contributed by atoms with E-state index in [9.17, 15) is 8.42 Å². The lowest BCUT2D eigenvalue weighted by molar-refractivity contribution is 0.219. The van der Waals surface area contributed by atoms with E-state index in [0.29, 0.717) is 18.0 Å². The van der Waals surface area contributed by atoms with Gasteiger partial charge in [-0.2, -0.15) is 0 Å². The van der Waals surface area contributed by atoms with Gasteiger partial charge in [0.2, 0.25) is 10.0 Å². The number of nitrogen functional groups attached to an aromatic ring is 1. The van der Waals surface area contributed by atoms with Crippen LogP contribution in [0.15, 0.2) is 23.1 Å². The third kappa shape index (κ3) is 3.39. The van der Waals surface area contributed by atoms with Gasteiger partial charge in [0.1, 0.15) is 10.6 Å². The molecule has 1 saturated carbocycles. The van der Waals surface area contributed by atoms with Crippen molar-refractivity contribution in [3.8, 4) is 5.75 Å². The Morgan fingerprint density at radius 3 is 2.74 bits per heavy atom. The van der Waals surface area contributed by atoms with Crippen LogP contribution in [0.5, 0.6) is 5.75 Å². The molecule has 0 heterocycles. The fourth-order valence-corrected chi connectivity index (χ4v) is 2.98. The maximum atomic E-state index is 11.9. The second-order valence-electron chi connectivity index (χ2n) is 4.85. The molecule has 3 N–H and O–H groups in total. The third-order valence-corrected chi connectivity index (χ3v) is 4.97. The van der Waals surface area contributed by atoms with E-state index in [2.05, 4.69) is 4.72 Å². The number of anilines is 1. The molecule has 0 amide bonds. The van der Waals surface area contributed by atoms with Crippen molar-refractivity contribution in [2.45, 2.75) is 30.6 Å². The van der Waals surface area contributed by atoms with E-state index in [4.69, 9.17) is 10.5 Å². The van der Waals surface area contributed by atoms with Crippen LogP contribution in [0.25, 0.3) is 0 Å². The summed E-state index contributed by atoms with van der Waals surface area (Å²) < 4.78 is 31.7. The summed E-state index contributed by atoms with van der Waals surface area (Å²) in [5, 5.41) is 0. The van der Waals surface area contributed by atoms with E-state index in [1.807, 2.05) is 0 Å².